The van der Waals surface area contributed by atoms with E-state index in [9.17, 15) is 0 Å². The Balaban J connectivity index is 2.78. The van der Waals surface area contributed by atoms with Gasteiger partial charge in [-0.05, 0) is 6.08 Å². The number of methoxy groups -OCH3 is 2. The lowest BCUT2D eigenvalue weighted by atomic mass is 10.7. The van der Waals surface area contributed by atoms with Gasteiger partial charge in [0.25, 0.3) is 0 Å². The molecule has 0 aromatic rings. The fourth-order valence-corrected chi connectivity index (χ4v) is 0.232. The smallest absolute Gasteiger partial charge is 0.0807 e. The lowest BCUT2D eigenvalue weighted by Crippen LogP contribution is -1.79. The Bertz CT molecular complexity index is 50.0. The van der Waals surface area contributed by atoms with Gasteiger partial charge in [0, 0.05) is 7.11 Å². The Morgan fingerprint density at radius 2 is 2.14 bits per heavy atom. The fraction of sp³-hybridized carbons (Fsp3) is 0.600. The van der Waals surface area contributed by atoms with Crippen molar-refractivity contribution >= 4 is 0 Å². The Kier molecular flexibility index (Phi) is 5.11. The summed E-state index contributed by atoms with van der Waals surface area (Å²) in [7, 11) is 3.24. The Morgan fingerprint density at radius 3 is 2.57 bits per heavy atom. The van der Waals surface area contributed by atoms with Gasteiger partial charge in [-0.25, -0.2) is 0 Å². The van der Waals surface area contributed by atoms with Crippen LogP contribution in [0.2, 0.25) is 0 Å². The molecule has 0 rings (SSSR count). The molecular formula is C5H10O2. The third kappa shape index (κ3) is 5.50. The molecule has 0 N–H and O–H groups in total. The summed E-state index contributed by atoms with van der Waals surface area (Å²) in [5.41, 5.74) is 0. The minimum atomic E-state index is 0.619. The minimum Gasteiger partial charge on any atom is -0.505 e. The van der Waals surface area contributed by atoms with Gasteiger partial charge in [0.15, 0.2) is 0 Å². The molecule has 0 aliphatic carbocycles. The van der Waals surface area contributed by atoms with Crippen LogP contribution in [0.5, 0.6) is 0 Å². The Labute approximate surface area is 43.7 Å². The summed E-state index contributed by atoms with van der Waals surface area (Å²) in [6.45, 7) is 0.619. The summed E-state index contributed by atoms with van der Waals surface area (Å²) in [5, 5.41) is 0. The summed E-state index contributed by atoms with van der Waals surface area (Å²) >= 11 is 0. The molecule has 0 aliphatic rings. The van der Waals surface area contributed by atoms with E-state index in [-0.39, 0.29) is 0 Å². The molecule has 0 saturated heterocycles. The molecule has 0 spiro atoms. The summed E-state index contributed by atoms with van der Waals surface area (Å²) in [6, 6.07) is 0. The van der Waals surface area contributed by atoms with Crippen molar-refractivity contribution in [3.63, 3.8) is 0 Å². The molecule has 0 atom stereocenters. The lowest BCUT2D eigenvalue weighted by molar-refractivity contribution is 0.229. The molecule has 2 nitrogen and oxygen atoms in total. The van der Waals surface area contributed by atoms with Crippen molar-refractivity contribution in [3.05, 3.63) is 12.3 Å². The van der Waals surface area contributed by atoms with E-state index in [1.165, 1.54) is 0 Å². The number of hydrogen-bond acceptors (Lipinski definition) is 2. The molecule has 0 aromatic heterocycles. The molecular weight excluding hydrogens is 92.1 g/mol. The maximum Gasteiger partial charge on any atom is 0.0807 e. The number of hydrogen-bond donors (Lipinski definition) is 0. The highest BCUT2D eigenvalue weighted by atomic mass is 16.5. The summed E-state index contributed by atoms with van der Waals surface area (Å²) < 4.78 is 9.26. The zero-order valence-electron chi connectivity index (χ0n) is 4.68. The molecule has 0 unspecified atom stereocenters. The van der Waals surface area contributed by atoms with E-state index < -0.39 is 0 Å². The van der Waals surface area contributed by atoms with E-state index in [1.807, 2.05) is 0 Å². The third-order valence-corrected chi connectivity index (χ3v) is 0.495. The lowest BCUT2D eigenvalue weighted by Gasteiger charge is -1.86. The average molecular weight is 102 g/mol. The maximum atomic E-state index is 4.68. The van der Waals surface area contributed by atoms with Crippen LogP contribution >= 0.6 is 0 Å². The standard InChI is InChI=1S/C5H10O2/c1-6-4-3-5-7-2/h3-4H,5H2,1-2H3. The zero-order valence-corrected chi connectivity index (χ0v) is 4.68. The topological polar surface area (TPSA) is 18.5 Å². The van der Waals surface area contributed by atoms with Gasteiger partial charge in [0.1, 0.15) is 0 Å². The Morgan fingerprint density at radius 1 is 1.43 bits per heavy atom. The van der Waals surface area contributed by atoms with E-state index in [0.717, 1.165) is 0 Å². The highest BCUT2D eigenvalue weighted by Gasteiger charge is 1.66. The van der Waals surface area contributed by atoms with Crippen LogP contribution in [0.15, 0.2) is 12.3 Å². The molecule has 0 radical (unpaired) electrons. The van der Waals surface area contributed by atoms with Gasteiger partial charge >= 0.3 is 0 Å². The summed E-state index contributed by atoms with van der Waals surface area (Å²) in [5.74, 6) is 0. The van der Waals surface area contributed by atoms with E-state index in [2.05, 4.69) is 9.47 Å². The second-order valence-electron chi connectivity index (χ2n) is 1.06. The van der Waals surface area contributed by atoms with Crippen molar-refractivity contribution in [1.82, 2.24) is 0 Å². The van der Waals surface area contributed by atoms with Gasteiger partial charge in [0.05, 0.1) is 20.0 Å². The van der Waals surface area contributed by atoms with Crippen LogP contribution in [-0.2, 0) is 9.47 Å². The predicted molar refractivity (Wildman–Crippen MR) is 28.0 cm³/mol. The molecule has 0 aromatic carbocycles. The van der Waals surface area contributed by atoms with Gasteiger partial charge in [-0.3, -0.25) is 0 Å². The van der Waals surface area contributed by atoms with E-state index in [0.29, 0.717) is 6.61 Å². The van der Waals surface area contributed by atoms with E-state index >= 15 is 0 Å². The highest BCUT2D eigenvalue weighted by molar-refractivity contribution is 4.70. The molecule has 0 amide bonds. The van der Waals surface area contributed by atoms with Gasteiger partial charge in [-0.15, -0.1) is 0 Å². The first-order chi connectivity index (χ1) is 3.41. The predicted octanol–water partition coefficient (Wildman–Crippen LogP) is 0.793. The van der Waals surface area contributed by atoms with Crippen LogP contribution in [0.1, 0.15) is 0 Å². The average Bonchev–Trinajstić information content (AvgIpc) is 1.69. The molecule has 0 heterocycles. The molecule has 0 fully saturated rings. The Hall–Kier alpha value is -0.500. The van der Waals surface area contributed by atoms with Crippen LogP contribution in [0, 0.1) is 0 Å². The number of rotatable bonds is 3. The maximum absolute atomic E-state index is 4.68. The molecule has 2 heteroatoms. The first kappa shape index (κ1) is 6.50. The van der Waals surface area contributed by atoms with Gasteiger partial charge in [-0.2, -0.15) is 0 Å². The molecule has 0 saturated carbocycles. The van der Waals surface area contributed by atoms with E-state index in [4.69, 9.17) is 0 Å². The fourth-order valence-electron chi connectivity index (χ4n) is 0.232. The largest absolute Gasteiger partial charge is 0.505 e. The summed E-state index contributed by atoms with van der Waals surface area (Å²) in [6.07, 6.45) is 3.38. The molecule has 7 heavy (non-hydrogen) atoms. The first-order valence-electron chi connectivity index (χ1n) is 2.08. The summed E-state index contributed by atoms with van der Waals surface area (Å²) in [4.78, 5) is 0. The van der Waals surface area contributed by atoms with Crippen molar-refractivity contribution in [2.45, 2.75) is 0 Å². The molecule has 0 aliphatic heterocycles. The second-order valence-corrected chi connectivity index (χ2v) is 1.06. The number of ether oxygens (including phenoxy) is 2. The second kappa shape index (κ2) is 5.50. The molecule has 42 valence electrons. The van der Waals surface area contributed by atoms with Crippen LogP contribution in [-0.4, -0.2) is 20.8 Å². The van der Waals surface area contributed by atoms with Gasteiger partial charge in [-0.1, -0.05) is 0 Å². The molecule has 0 bridgehead atoms. The van der Waals surface area contributed by atoms with Crippen LogP contribution in [0.3, 0.4) is 0 Å². The highest BCUT2D eigenvalue weighted by Crippen LogP contribution is 1.71. The quantitative estimate of drug-likeness (QED) is 0.490. The van der Waals surface area contributed by atoms with Crippen LogP contribution < -0.4 is 0 Å². The van der Waals surface area contributed by atoms with Crippen molar-refractivity contribution < 1.29 is 9.47 Å². The van der Waals surface area contributed by atoms with E-state index in [1.54, 1.807) is 26.6 Å². The zero-order chi connectivity index (χ0) is 5.54. The SMILES string of the molecule is COC=CCOC. The van der Waals surface area contributed by atoms with Crippen molar-refractivity contribution in [1.29, 1.82) is 0 Å². The minimum absolute atomic E-state index is 0.619. The van der Waals surface area contributed by atoms with Crippen LogP contribution in [0.4, 0.5) is 0 Å². The normalized spacial score (nSPS) is 10.0. The van der Waals surface area contributed by atoms with Crippen LogP contribution in [0.25, 0.3) is 0 Å². The van der Waals surface area contributed by atoms with Gasteiger partial charge in [0.2, 0.25) is 0 Å². The van der Waals surface area contributed by atoms with Gasteiger partial charge < -0.3 is 9.47 Å². The third-order valence-electron chi connectivity index (χ3n) is 0.495. The monoisotopic (exact) mass is 102 g/mol. The van der Waals surface area contributed by atoms with Crippen molar-refractivity contribution in [2.24, 2.45) is 0 Å². The van der Waals surface area contributed by atoms with Crippen molar-refractivity contribution in [2.75, 3.05) is 20.8 Å². The van der Waals surface area contributed by atoms with Crippen molar-refractivity contribution in [3.8, 4) is 0 Å². The first-order valence-corrected chi connectivity index (χ1v) is 2.08.